The number of rotatable bonds is 11. The first-order valence-electron chi connectivity index (χ1n) is 11.7. The zero-order valence-electron chi connectivity index (χ0n) is 20.4. The zero-order chi connectivity index (χ0) is 25.4. The van der Waals surface area contributed by atoms with Crippen molar-refractivity contribution in [2.45, 2.75) is 50.8 Å². The number of nitrogens with zero attached hydrogens (tertiary/aromatic N) is 1. The lowest BCUT2D eigenvalue weighted by Gasteiger charge is -2.34. The smallest absolute Gasteiger partial charge is 0.321 e. The molecule has 0 aliphatic carbocycles. The van der Waals surface area contributed by atoms with Crippen molar-refractivity contribution in [3.63, 3.8) is 0 Å². The van der Waals surface area contributed by atoms with E-state index >= 15 is 0 Å². The molecule has 3 rings (SSSR count). The third-order valence-corrected chi connectivity index (χ3v) is 7.83. The molecule has 6 nitrogen and oxygen atoms in total. The highest BCUT2D eigenvalue weighted by Gasteiger charge is 2.36. The van der Waals surface area contributed by atoms with Crippen LogP contribution in [0.2, 0.25) is 0 Å². The lowest BCUT2D eigenvalue weighted by Crippen LogP contribution is -2.47. The van der Waals surface area contributed by atoms with Crippen molar-refractivity contribution < 1.29 is 23.1 Å². The quantitative estimate of drug-likeness (QED) is 0.384. The Hall–Kier alpha value is -3.00. The maximum atomic E-state index is 13.8. The van der Waals surface area contributed by atoms with Crippen LogP contribution in [0.25, 0.3) is 0 Å². The van der Waals surface area contributed by atoms with E-state index in [0.717, 1.165) is 11.1 Å². The first kappa shape index (κ1) is 26.6. The zero-order valence-corrected chi connectivity index (χ0v) is 21.2. The molecule has 0 heterocycles. The molecule has 186 valence electrons. The van der Waals surface area contributed by atoms with Crippen LogP contribution in [-0.2, 0) is 26.2 Å². The van der Waals surface area contributed by atoms with E-state index in [9.17, 15) is 18.3 Å². The summed E-state index contributed by atoms with van der Waals surface area (Å²) in [5.41, 5.74) is 2.43. The normalized spacial score (nSPS) is 13.5. The van der Waals surface area contributed by atoms with Crippen LogP contribution in [-0.4, -0.2) is 36.4 Å². The molecule has 0 amide bonds. The average molecular weight is 496 g/mol. The Labute approximate surface area is 208 Å². The van der Waals surface area contributed by atoms with Gasteiger partial charge in [0.25, 0.3) is 0 Å². The van der Waals surface area contributed by atoms with E-state index in [-0.39, 0.29) is 23.8 Å². The second kappa shape index (κ2) is 12.1. The van der Waals surface area contributed by atoms with Gasteiger partial charge in [0.2, 0.25) is 10.0 Å². The number of aryl methyl sites for hydroxylation is 1. The molecule has 3 aromatic rings. The number of benzene rings is 3. The van der Waals surface area contributed by atoms with Crippen molar-refractivity contribution in [1.29, 1.82) is 0 Å². The molecule has 0 aliphatic heterocycles. The van der Waals surface area contributed by atoms with Gasteiger partial charge in [0.1, 0.15) is 13.2 Å². The van der Waals surface area contributed by atoms with Gasteiger partial charge in [0.05, 0.1) is 11.0 Å². The summed E-state index contributed by atoms with van der Waals surface area (Å²) in [6, 6.07) is 24.2. The molecular formula is C28H33NO5S. The van der Waals surface area contributed by atoms with Crippen molar-refractivity contribution in [2.75, 3.05) is 6.54 Å². The van der Waals surface area contributed by atoms with Gasteiger partial charge < -0.3 is 9.84 Å². The highest BCUT2D eigenvalue weighted by atomic mass is 32.2. The van der Waals surface area contributed by atoms with Crippen LogP contribution >= 0.6 is 0 Å². The average Bonchev–Trinajstić information content (AvgIpc) is 2.86. The summed E-state index contributed by atoms with van der Waals surface area (Å²) in [7, 11) is -4.05. The van der Waals surface area contributed by atoms with Crippen LogP contribution < -0.4 is 0 Å². The predicted molar refractivity (Wildman–Crippen MR) is 136 cm³/mol. The number of carbonyl (C=O) groups excluding carboxylic acids is 1. The van der Waals surface area contributed by atoms with E-state index in [1.165, 1.54) is 16.4 Å². The Kier molecular flexibility index (Phi) is 9.20. The summed E-state index contributed by atoms with van der Waals surface area (Å²) < 4.78 is 34.1. The van der Waals surface area contributed by atoms with Crippen LogP contribution in [0.5, 0.6) is 0 Å². The molecule has 0 aliphatic rings. The Morgan fingerprint density at radius 1 is 0.914 bits per heavy atom. The Balaban J connectivity index is 1.90. The summed E-state index contributed by atoms with van der Waals surface area (Å²) in [4.78, 5) is 12.9. The molecule has 35 heavy (non-hydrogen) atoms. The van der Waals surface area contributed by atoms with Crippen molar-refractivity contribution in [2.24, 2.45) is 5.92 Å². The highest BCUT2D eigenvalue weighted by molar-refractivity contribution is 7.89. The van der Waals surface area contributed by atoms with Crippen LogP contribution in [0.4, 0.5) is 0 Å². The number of ether oxygens (including phenoxy) is 1. The Morgan fingerprint density at radius 2 is 1.49 bits per heavy atom. The third-order valence-electron chi connectivity index (χ3n) is 5.94. The molecule has 0 radical (unpaired) electrons. The molecule has 0 fully saturated rings. The molecule has 0 spiro atoms. The van der Waals surface area contributed by atoms with Gasteiger partial charge in [-0.1, -0.05) is 92.2 Å². The largest absolute Gasteiger partial charge is 0.460 e. The lowest BCUT2D eigenvalue weighted by atomic mass is 9.94. The van der Waals surface area contributed by atoms with Gasteiger partial charge in [-0.05, 0) is 42.5 Å². The first-order chi connectivity index (χ1) is 16.7. The summed E-state index contributed by atoms with van der Waals surface area (Å²) in [5.74, 6) is -0.820. The van der Waals surface area contributed by atoms with Crippen LogP contribution in [0.15, 0.2) is 89.8 Å². The molecule has 1 N–H and O–H groups in total. The minimum Gasteiger partial charge on any atom is -0.460 e. The van der Waals surface area contributed by atoms with E-state index in [2.05, 4.69) is 0 Å². The number of aliphatic hydroxyl groups excluding tert-OH is 1. The lowest BCUT2D eigenvalue weighted by molar-refractivity contribution is -0.145. The topological polar surface area (TPSA) is 83.9 Å². The molecule has 3 aromatic carbocycles. The SMILES string of the molecule is Cc1ccc(S(=O)(=O)N(CC(=O)OCc2ccccc2)[C@@H](C[C@@H](O)c2ccccc2)C(C)C)cc1. The summed E-state index contributed by atoms with van der Waals surface area (Å²) >= 11 is 0. The second-order valence-corrected chi connectivity index (χ2v) is 10.9. The van der Waals surface area contributed by atoms with Crippen LogP contribution in [0, 0.1) is 12.8 Å². The molecule has 0 saturated carbocycles. The monoisotopic (exact) mass is 495 g/mol. The number of esters is 1. The Morgan fingerprint density at radius 3 is 2.06 bits per heavy atom. The molecule has 0 bridgehead atoms. The van der Waals surface area contributed by atoms with E-state index in [1.807, 2.05) is 69.3 Å². The number of aliphatic hydroxyl groups is 1. The van der Waals surface area contributed by atoms with Crippen molar-refractivity contribution >= 4 is 16.0 Å². The number of sulfonamides is 1. The number of hydrogen-bond acceptors (Lipinski definition) is 5. The maximum Gasteiger partial charge on any atom is 0.321 e. The van der Waals surface area contributed by atoms with Crippen molar-refractivity contribution in [1.82, 2.24) is 4.31 Å². The van der Waals surface area contributed by atoms with E-state index in [1.54, 1.807) is 24.3 Å². The minimum atomic E-state index is -4.05. The number of carbonyl (C=O) groups is 1. The summed E-state index contributed by atoms with van der Waals surface area (Å²) in [6.07, 6.45) is -0.752. The van der Waals surface area contributed by atoms with Crippen molar-refractivity contribution in [3.8, 4) is 0 Å². The van der Waals surface area contributed by atoms with Gasteiger partial charge in [-0.15, -0.1) is 0 Å². The summed E-state index contributed by atoms with van der Waals surface area (Å²) in [5, 5.41) is 10.9. The highest BCUT2D eigenvalue weighted by Crippen LogP contribution is 2.29. The minimum absolute atomic E-state index is 0.0527. The number of hydrogen-bond donors (Lipinski definition) is 1. The molecule has 7 heteroatoms. The fourth-order valence-electron chi connectivity index (χ4n) is 3.90. The maximum absolute atomic E-state index is 13.8. The fourth-order valence-corrected chi connectivity index (χ4v) is 5.61. The van der Waals surface area contributed by atoms with E-state index in [0.29, 0.717) is 5.56 Å². The van der Waals surface area contributed by atoms with Crippen LogP contribution in [0.3, 0.4) is 0 Å². The van der Waals surface area contributed by atoms with Gasteiger partial charge >= 0.3 is 5.97 Å². The van der Waals surface area contributed by atoms with E-state index < -0.39 is 34.7 Å². The summed E-state index contributed by atoms with van der Waals surface area (Å²) in [6.45, 7) is 5.25. The first-order valence-corrected chi connectivity index (χ1v) is 13.1. The predicted octanol–water partition coefficient (Wildman–Crippen LogP) is 4.88. The van der Waals surface area contributed by atoms with E-state index in [4.69, 9.17) is 4.74 Å². The van der Waals surface area contributed by atoms with Gasteiger partial charge in [-0.2, -0.15) is 4.31 Å². The van der Waals surface area contributed by atoms with Gasteiger partial charge in [0, 0.05) is 6.04 Å². The van der Waals surface area contributed by atoms with Gasteiger partial charge in [-0.25, -0.2) is 8.42 Å². The van der Waals surface area contributed by atoms with Crippen LogP contribution in [0.1, 0.15) is 43.1 Å². The van der Waals surface area contributed by atoms with Crippen molar-refractivity contribution in [3.05, 3.63) is 102 Å². The molecular weight excluding hydrogens is 462 g/mol. The molecule has 0 aromatic heterocycles. The van der Waals surface area contributed by atoms with Gasteiger partial charge in [-0.3, -0.25) is 4.79 Å². The molecule has 2 atom stereocenters. The second-order valence-electron chi connectivity index (χ2n) is 8.98. The fraction of sp³-hybridized carbons (Fsp3) is 0.321. The third kappa shape index (κ3) is 7.24. The Bertz CT molecular complexity index is 1180. The molecule has 0 saturated heterocycles. The van der Waals surface area contributed by atoms with Gasteiger partial charge in [0.15, 0.2) is 0 Å². The molecule has 0 unspecified atom stereocenters. The standard InChI is InChI=1S/C28H33NO5S/c1-21(2)26(18-27(30)24-12-8-5-9-13-24)29(35(32,33)25-16-14-22(3)15-17-25)19-28(31)34-20-23-10-6-4-7-11-23/h4-17,21,26-27,30H,18-20H2,1-3H3/t26-,27+/m0/s1.